The highest BCUT2D eigenvalue weighted by Crippen LogP contribution is 2.34. The lowest BCUT2D eigenvalue weighted by Crippen LogP contribution is -2.16. The van der Waals surface area contributed by atoms with Crippen LogP contribution in [0.2, 0.25) is 0 Å². The van der Waals surface area contributed by atoms with Crippen molar-refractivity contribution in [1.82, 2.24) is 20.2 Å². The van der Waals surface area contributed by atoms with Crippen LogP contribution in [-0.4, -0.2) is 26.1 Å². The maximum atomic E-state index is 14.3. The van der Waals surface area contributed by atoms with Gasteiger partial charge in [0.15, 0.2) is 0 Å². The number of para-hydroxylation sites is 1. The molecule has 0 unspecified atom stereocenters. The van der Waals surface area contributed by atoms with Gasteiger partial charge in [0.2, 0.25) is 5.95 Å². The predicted molar refractivity (Wildman–Crippen MR) is 113 cm³/mol. The molecule has 4 rings (SSSR count). The number of H-pyrrole nitrogens is 1. The van der Waals surface area contributed by atoms with Gasteiger partial charge < -0.3 is 16.4 Å². The minimum Gasteiger partial charge on any atom is -0.366 e. The average molecular weight is 459 g/mol. The number of primary amides is 1. The van der Waals surface area contributed by atoms with Gasteiger partial charge in [-0.05, 0) is 24.3 Å². The van der Waals surface area contributed by atoms with Gasteiger partial charge in [-0.15, -0.1) is 0 Å². The highest BCUT2D eigenvalue weighted by atomic mass is 19.4. The number of nitrogens with zero attached hydrogens (tertiary/aromatic N) is 3. The molecule has 2 heterocycles. The van der Waals surface area contributed by atoms with E-state index in [0.29, 0.717) is 5.39 Å². The molecule has 0 aliphatic rings. The Balaban J connectivity index is 1.74. The number of halogens is 4. The predicted octanol–water partition coefficient (Wildman–Crippen LogP) is 3.83. The molecule has 1 amide bonds. The van der Waals surface area contributed by atoms with Gasteiger partial charge in [0, 0.05) is 35.8 Å². The zero-order valence-electron chi connectivity index (χ0n) is 16.9. The van der Waals surface area contributed by atoms with Crippen LogP contribution in [0.3, 0.4) is 0 Å². The molecule has 0 radical (unpaired) electrons. The van der Waals surface area contributed by atoms with Crippen molar-refractivity contribution in [1.29, 1.82) is 0 Å². The van der Waals surface area contributed by atoms with Crippen molar-refractivity contribution in [2.75, 3.05) is 10.6 Å². The summed E-state index contributed by atoms with van der Waals surface area (Å²) in [6.45, 7) is -0.221. The van der Waals surface area contributed by atoms with Crippen LogP contribution >= 0.6 is 0 Å². The van der Waals surface area contributed by atoms with Gasteiger partial charge in [-0.25, -0.2) is 9.37 Å². The summed E-state index contributed by atoms with van der Waals surface area (Å²) in [6, 6.07) is 7.35. The molecule has 0 saturated heterocycles. The fourth-order valence-electron chi connectivity index (χ4n) is 3.30. The molecular weight excluding hydrogens is 442 g/mol. The van der Waals surface area contributed by atoms with Crippen molar-refractivity contribution in [2.24, 2.45) is 5.73 Å². The lowest BCUT2D eigenvalue weighted by Gasteiger charge is -2.16. The molecule has 2 aromatic carbocycles. The lowest BCUT2D eigenvalue weighted by molar-refractivity contribution is -0.138. The second kappa shape index (κ2) is 8.73. The molecule has 0 bridgehead atoms. The Morgan fingerprint density at radius 2 is 1.85 bits per heavy atom. The highest BCUT2D eigenvalue weighted by Gasteiger charge is 2.34. The zero-order valence-corrected chi connectivity index (χ0v) is 16.9. The maximum Gasteiger partial charge on any atom is 0.416 e. The number of amides is 1. The zero-order chi connectivity index (χ0) is 23.6. The summed E-state index contributed by atoms with van der Waals surface area (Å²) < 4.78 is 54.3. The van der Waals surface area contributed by atoms with E-state index in [2.05, 4.69) is 30.8 Å². The standard InChI is InChI=1S/C21H17F4N7O/c22-16-6-2-5-15(21(23,24)25)14(16)10-27-19-13-4-1-3-12(18(26)33)17(13)31-20(32-19)28-7-11-8-29-30-9-11/h1-6,8-9H,7,10H2,(H2,26,33)(H,29,30)(H2,27,28,31,32). The first-order valence-corrected chi connectivity index (χ1v) is 9.64. The molecule has 0 fully saturated rings. The number of rotatable bonds is 7. The number of alkyl halides is 3. The molecule has 5 N–H and O–H groups in total. The molecule has 0 spiro atoms. The highest BCUT2D eigenvalue weighted by molar-refractivity contribution is 6.07. The lowest BCUT2D eigenvalue weighted by atomic mass is 10.1. The van der Waals surface area contributed by atoms with Crippen molar-refractivity contribution < 1.29 is 22.4 Å². The average Bonchev–Trinajstić information content (AvgIpc) is 3.29. The van der Waals surface area contributed by atoms with Gasteiger partial charge in [-0.2, -0.15) is 23.3 Å². The number of benzene rings is 2. The van der Waals surface area contributed by atoms with Crippen molar-refractivity contribution in [3.63, 3.8) is 0 Å². The van der Waals surface area contributed by atoms with E-state index in [4.69, 9.17) is 5.73 Å². The van der Waals surface area contributed by atoms with E-state index in [-0.39, 0.29) is 29.4 Å². The van der Waals surface area contributed by atoms with Gasteiger partial charge >= 0.3 is 6.18 Å². The molecule has 12 heteroatoms. The van der Waals surface area contributed by atoms with Crippen LogP contribution in [0.1, 0.15) is 27.0 Å². The minimum absolute atomic E-state index is 0.0875. The second-order valence-electron chi connectivity index (χ2n) is 7.04. The third-order valence-corrected chi connectivity index (χ3v) is 4.85. The van der Waals surface area contributed by atoms with E-state index in [9.17, 15) is 22.4 Å². The number of aromatic nitrogens is 4. The summed E-state index contributed by atoms with van der Waals surface area (Å²) in [5, 5.41) is 12.5. The van der Waals surface area contributed by atoms with Crippen molar-refractivity contribution in [3.8, 4) is 0 Å². The smallest absolute Gasteiger partial charge is 0.366 e. The third kappa shape index (κ3) is 4.68. The number of fused-ring (bicyclic) bond motifs is 1. The maximum absolute atomic E-state index is 14.3. The number of anilines is 2. The monoisotopic (exact) mass is 459 g/mol. The number of carbonyl (C=O) groups excluding carboxylic acids is 1. The quantitative estimate of drug-likeness (QED) is 0.312. The number of carbonyl (C=O) groups is 1. The largest absolute Gasteiger partial charge is 0.416 e. The van der Waals surface area contributed by atoms with E-state index in [1.807, 2.05) is 0 Å². The van der Waals surface area contributed by atoms with E-state index in [1.165, 1.54) is 6.07 Å². The summed E-state index contributed by atoms with van der Waals surface area (Å²) in [6.07, 6.45) is -1.50. The Morgan fingerprint density at radius 3 is 2.55 bits per heavy atom. The van der Waals surface area contributed by atoms with Gasteiger partial charge in [0.25, 0.3) is 5.91 Å². The molecular formula is C21H17F4N7O. The number of nitrogens with one attached hydrogen (secondary N) is 3. The van der Waals surface area contributed by atoms with Gasteiger partial charge in [0.05, 0.1) is 22.8 Å². The Bertz CT molecular complexity index is 1310. The van der Waals surface area contributed by atoms with Crippen LogP contribution < -0.4 is 16.4 Å². The topological polar surface area (TPSA) is 122 Å². The van der Waals surface area contributed by atoms with Crippen LogP contribution in [0.4, 0.5) is 29.3 Å². The van der Waals surface area contributed by atoms with Crippen LogP contribution in [0.25, 0.3) is 10.9 Å². The van der Waals surface area contributed by atoms with Crippen molar-refractivity contribution in [2.45, 2.75) is 19.3 Å². The van der Waals surface area contributed by atoms with E-state index >= 15 is 0 Å². The fraction of sp³-hybridized carbons (Fsp3) is 0.143. The molecule has 4 aromatic rings. The second-order valence-corrected chi connectivity index (χ2v) is 7.04. The van der Waals surface area contributed by atoms with E-state index in [0.717, 1.165) is 23.8 Å². The van der Waals surface area contributed by atoms with E-state index in [1.54, 1.807) is 24.5 Å². The first kappa shape index (κ1) is 22.0. The first-order chi connectivity index (χ1) is 15.7. The number of nitrogens with two attached hydrogens (primary N) is 1. The Morgan fingerprint density at radius 1 is 1.06 bits per heavy atom. The van der Waals surface area contributed by atoms with Crippen LogP contribution in [0.5, 0.6) is 0 Å². The van der Waals surface area contributed by atoms with Gasteiger partial charge in [-0.1, -0.05) is 12.1 Å². The molecule has 2 aromatic heterocycles. The molecule has 8 nitrogen and oxygen atoms in total. The Hall–Kier alpha value is -4.22. The molecule has 33 heavy (non-hydrogen) atoms. The first-order valence-electron chi connectivity index (χ1n) is 9.64. The summed E-state index contributed by atoms with van der Waals surface area (Å²) in [7, 11) is 0. The normalized spacial score (nSPS) is 11.5. The van der Waals surface area contributed by atoms with Crippen LogP contribution in [0, 0.1) is 5.82 Å². The summed E-state index contributed by atoms with van der Waals surface area (Å²) in [5.41, 5.74) is 4.89. The molecule has 0 aliphatic carbocycles. The van der Waals surface area contributed by atoms with Gasteiger partial charge in [-0.3, -0.25) is 9.89 Å². The number of hydrogen-bond donors (Lipinski definition) is 4. The minimum atomic E-state index is -4.73. The van der Waals surface area contributed by atoms with Crippen molar-refractivity contribution >= 4 is 28.6 Å². The number of aromatic amines is 1. The fourth-order valence-corrected chi connectivity index (χ4v) is 3.30. The molecule has 0 saturated carbocycles. The van der Waals surface area contributed by atoms with E-state index < -0.39 is 35.6 Å². The molecule has 170 valence electrons. The van der Waals surface area contributed by atoms with Crippen LogP contribution in [0.15, 0.2) is 48.8 Å². The third-order valence-electron chi connectivity index (χ3n) is 4.85. The molecule has 0 atom stereocenters. The summed E-state index contributed by atoms with van der Waals surface area (Å²) in [5.74, 6) is -1.55. The Labute approximate surface area is 184 Å². The van der Waals surface area contributed by atoms with Crippen LogP contribution in [-0.2, 0) is 19.3 Å². The van der Waals surface area contributed by atoms with Crippen molar-refractivity contribution in [3.05, 3.63) is 76.9 Å². The SMILES string of the molecule is NC(=O)c1cccc2c(NCc3c(F)cccc3C(F)(F)F)nc(NCc3cn[nH]c3)nc12. The Kier molecular flexibility index (Phi) is 5.82. The summed E-state index contributed by atoms with van der Waals surface area (Å²) >= 11 is 0. The number of hydrogen-bond acceptors (Lipinski definition) is 6. The van der Waals surface area contributed by atoms with Gasteiger partial charge in [0.1, 0.15) is 11.6 Å². The molecule has 0 aliphatic heterocycles. The summed E-state index contributed by atoms with van der Waals surface area (Å²) in [4.78, 5) is 20.6.